The van der Waals surface area contributed by atoms with Crippen molar-refractivity contribution in [1.82, 2.24) is 14.8 Å². The van der Waals surface area contributed by atoms with E-state index in [2.05, 4.69) is 10.4 Å². The topological polar surface area (TPSA) is 69.0 Å². The first-order chi connectivity index (χ1) is 14.5. The molecule has 0 radical (unpaired) electrons. The van der Waals surface area contributed by atoms with Crippen LogP contribution in [0.3, 0.4) is 0 Å². The fraction of sp³-hybridized carbons (Fsp3) is 0.125. The van der Waals surface area contributed by atoms with Crippen LogP contribution in [0.25, 0.3) is 22.5 Å². The molecule has 0 saturated heterocycles. The van der Waals surface area contributed by atoms with Gasteiger partial charge in [0.2, 0.25) is 0 Å². The Morgan fingerprint density at radius 1 is 0.967 bits per heavy atom. The first-order valence-electron chi connectivity index (χ1n) is 9.61. The van der Waals surface area contributed by atoms with Gasteiger partial charge in [-0.3, -0.25) is 10.00 Å². The predicted octanol–water partition coefficient (Wildman–Crippen LogP) is 5.38. The van der Waals surface area contributed by atoms with Crippen molar-refractivity contribution >= 4 is 11.8 Å². The lowest BCUT2D eigenvalue weighted by molar-refractivity contribution is 0.215. The van der Waals surface area contributed by atoms with Crippen molar-refractivity contribution in [3.05, 3.63) is 84.2 Å². The van der Waals surface area contributed by atoms with Crippen LogP contribution >= 0.6 is 0 Å². The average Bonchev–Trinajstić information content (AvgIpc) is 3.16. The minimum atomic E-state index is -0.564. The van der Waals surface area contributed by atoms with E-state index in [9.17, 15) is 4.79 Å². The monoisotopic (exact) mass is 398 g/mol. The number of ether oxygens (including phenoxy) is 1. The Kier molecular flexibility index (Phi) is 5.30. The van der Waals surface area contributed by atoms with E-state index in [1.165, 1.54) is 0 Å². The molecule has 6 heteroatoms. The molecule has 0 atom stereocenters. The Hall–Kier alpha value is -3.93. The van der Waals surface area contributed by atoms with Crippen LogP contribution in [-0.2, 0) is 7.05 Å². The van der Waals surface area contributed by atoms with E-state index in [0.717, 1.165) is 27.9 Å². The van der Waals surface area contributed by atoms with Gasteiger partial charge < -0.3 is 4.74 Å². The zero-order valence-corrected chi connectivity index (χ0v) is 17.1. The van der Waals surface area contributed by atoms with Crippen LogP contribution < -0.4 is 10.1 Å². The van der Waals surface area contributed by atoms with Gasteiger partial charge in [-0.1, -0.05) is 48.0 Å². The van der Waals surface area contributed by atoms with Gasteiger partial charge in [-0.2, -0.15) is 5.10 Å². The third kappa shape index (κ3) is 4.22. The van der Waals surface area contributed by atoms with Crippen molar-refractivity contribution in [3.8, 4) is 28.3 Å². The summed E-state index contributed by atoms with van der Waals surface area (Å²) in [5.41, 5.74) is 5.91. The second-order valence-electron chi connectivity index (χ2n) is 7.15. The zero-order valence-electron chi connectivity index (χ0n) is 17.1. The molecule has 0 aliphatic heterocycles. The number of carbonyl (C=O) groups excluding carboxylic acids is 1. The maximum Gasteiger partial charge on any atom is 0.417 e. The highest BCUT2D eigenvalue weighted by Crippen LogP contribution is 2.32. The number of hydrogen-bond acceptors (Lipinski definition) is 4. The number of hydrogen-bond donors (Lipinski definition) is 1. The van der Waals surface area contributed by atoms with Crippen molar-refractivity contribution in [2.45, 2.75) is 13.8 Å². The molecule has 0 aliphatic rings. The molecular weight excluding hydrogens is 376 g/mol. The summed E-state index contributed by atoms with van der Waals surface area (Å²) >= 11 is 0. The van der Waals surface area contributed by atoms with Crippen LogP contribution in [0.5, 0.6) is 5.75 Å². The van der Waals surface area contributed by atoms with Gasteiger partial charge in [-0.05, 0) is 37.6 Å². The van der Waals surface area contributed by atoms with Gasteiger partial charge in [-0.25, -0.2) is 9.78 Å². The molecule has 4 aromatic rings. The number of nitrogens with zero attached hydrogens (tertiary/aromatic N) is 3. The van der Waals surface area contributed by atoms with Crippen LogP contribution in [-0.4, -0.2) is 20.9 Å². The van der Waals surface area contributed by atoms with Crippen LogP contribution in [0.15, 0.2) is 73.1 Å². The summed E-state index contributed by atoms with van der Waals surface area (Å²) in [5, 5.41) is 7.10. The number of carbonyl (C=O) groups is 1. The molecule has 2 aromatic carbocycles. The number of pyridine rings is 1. The van der Waals surface area contributed by atoms with Gasteiger partial charge in [0.1, 0.15) is 5.75 Å². The molecule has 0 spiro atoms. The Balaban J connectivity index is 1.70. The van der Waals surface area contributed by atoms with E-state index in [1.54, 1.807) is 23.0 Å². The molecule has 2 aromatic heterocycles. The Morgan fingerprint density at radius 2 is 1.70 bits per heavy atom. The summed E-state index contributed by atoms with van der Waals surface area (Å²) in [6, 6.07) is 19.0. The molecule has 0 aliphatic carbocycles. The van der Waals surface area contributed by atoms with Crippen LogP contribution in [0, 0.1) is 13.8 Å². The lowest BCUT2D eigenvalue weighted by Crippen LogP contribution is -2.18. The number of amides is 1. The smallest absolute Gasteiger partial charge is 0.410 e. The van der Waals surface area contributed by atoms with Gasteiger partial charge in [-0.15, -0.1) is 0 Å². The van der Waals surface area contributed by atoms with Crippen LogP contribution in [0.4, 0.5) is 10.5 Å². The quantitative estimate of drug-likeness (QED) is 0.501. The summed E-state index contributed by atoms with van der Waals surface area (Å²) in [6.07, 6.45) is 3.14. The van der Waals surface area contributed by atoms with E-state index in [-0.39, 0.29) is 0 Å². The maximum absolute atomic E-state index is 12.5. The molecule has 0 saturated carbocycles. The highest BCUT2D eigenvalue weighted by molar-refractivity contribution is 5.92. The standard InChI is InChI=1S/C24H22N4O2/c1-16-9-11-20(12-10-16)30-24(29)26-21-13-17(2)22(19-14-25-28(3)15-19)27-23(21)18-7-5-4-6-8-18/h4-15H,1-3H3,(H,26,29). The van der Waals surface area contributed by atoms with Gasteiger partial charge >= 0.3 is 6.09 Å². The second kappa shape index (κ2) is 8.21. The number of anilines is 1. The molecule has 0 fully saturated rings. The Labute approximate surface area is 175 Å². The van der Waals surface area contributed by atoms with Crippen LogP contribution in [0.2, 0.25) is 0 Å². The van der Waals surface area contributed by atoms with Gasteiger partial charge in [0.15, 0.2) is 0 Å². The van der Waals surface area contributed by atoms with Crippen molar-refractivity contribution in [2.75, 3.05) is 5.32 Å². The van der Waals surface area contributed by atoms with Crippen molar-refractivity contribution in [3.63, 3.8) is 0 Å². The van der Waals surface area contributed by atoms with E-state index >= 15 is 0 Å². The number of aryl methyl sites for hydroxylation is 3. The minimum absolute atomic E-state index is 0.482. The largest absolute Gasteiger partial charge is 0.417 e. The first kappa shape index (κ1) is 19.4. The average molecular weight is 398 g/mol. The van der Waals surface area contributed by atoms with E-state index in [0.29, 0.717) is 17.1 Å². The lowest BCUT2D eigenvalue weighted by Gasteiger charge is -2.14. The molecule has 0 unspecified atom stereocenters. The first-order valence-corrected chi connectivity index (χ1v) is 9.61. The van der Waals surface area contributed by atoms with Gasteiger partial charge in [0.05, 0.1) is 23.3 Å². The van der Waals surface area contributed by atoms with Gasteiger partial charge in [0.25, 0.3) is 0 Å². The summed E-state index contributed by atoms with van der Waals surface area (Å²) < 4.78 is 7.17. The third-order valence-electron chi connectivity index (χ3n) is 4.71. The Morgan fingerprint density at radius 3 is 2.37 bits per heavy atom. The molecule has 150 valence electrons. The SMILES string of the molecule is Cc1ccc(OC(=O)Nc2cc(C)c(-c3cnn(C)c3)nc2-c2ccccc2)cc1. The molecule has 1 N–H and O–H groups in total. The lowest BCUT2D eigenvalue weighted by atomic mass is 10.0. The summed E-state index contributed by atoms with van der Waals surface area (Å²) in [4.78, 5) is 17.4. The van der Waals surface area contributed by atoms with E-state index in [1.807, 2.05) is 75.6 Å². The summed E-state index contributed by atoms with van der Waals surface area (Å²) in [6.45, 7) is 3.94. The summed E-state index contributed by atoms with van der Waals surface area (Å²) in [5.74, 6) is 0.482. The Bertz CT molecular complexity index is 1180. The number of benzene rings is 2. The number of aromatic nitrogens is 3. The fourth-order valence-corrected chi connectivity index (χ4v) is 3.21. The molecule has 6 nitrogen and oxygen atoms in total. The molecule has 0 bridgehead atoms. The molecular formula is C24H22N4O2. The van der Waals surface area contributed by atoms with E-state index < -0.39 is 6.09 Å². The maximum atomic E-state index is 12.5. The fourth-order valence-electron chi connectivity index (χ4n) is 3.21. The summed E-state index contributed by atoms with van der Waals surface area (Å²) in [7, 11) is 1.87. The third-order valence-corrected chi connectivity index (χ3v) is 4.71. The normalized spacial score (nSPS) is 10.6. The number of rotatable bonds is 4. The van der Waals surface area contributed by atoms with Crippen molar-refractivity contribution < 1.29 is 9.53 Å². The molecule has 30 heavy (non-hydrogen) atoms. The zero-order chi connectivity index (χ0) is 21.1. The van der Waals surface area contributed by atoms with Crippen molar-refractivity contribution in [1.29, 1.82) is 0 Å². The van der Waals surface area contributed by atoms with Crippen LogP contribution in [0.1, 0.15) is 11.1 Å². The predicted molar refractivity (Wildman–Crippen MR) is 117 cm³/mol. The second-order valence-corrected chi connectivity index (χ2v) is 7.15. The van der Waals surface area contributed by atoms with Crippen molar-refractivity contribution in [2.24, 2.45) is 7.05 Å². The highest BCUT2D eigenvalue weighted by Gasteiger charge is 2.16. The molecule has 4 rings (SSSR count). The molecule has 2 heterocycles. The molecule has 1 amide bonds. The van der Waals surface area contributed by atoms with Gasteiger partial charge in [0, 0.05) is 24.4 Å². The van der Waals surface area contributed by atoms with E-state index in [4.69, 9.17) is 9.72 Å². The number of nitrogens with one attached hydrogen (secondary N) is 1. The highest BCUT2D eigenvalue weighted by atomic mass is 16.6. The minimum Gasteiger partial charge on any atom is -0.410 e.